The maximum atomic E-state index is 12.4. The summed E-state index contributed by atoms with van der Waals surface area (Å²) in [7, 11) is 0. The van der Waals surface area contributed by atoms with Gasteiger partial charge in [0, 0.05) is 38.5 Å². The lowest BCUT2D eigenvalue weighted by Crippen LogP contribution is -2.51. The van der Waals surface area contributed by atoms with E-state index in [9.17, 15) is 9.59 Å². The lowest BCUT2D eigenvalue weighted by atomic mass is 10.2. The number of piperazine rings is 1. The summed E-state index contributed by atoms with van der Waals surface area (Å²) in [6.07, 6.45) is 1.57. The summed E-state index contributed by atoms with van der Waals surface area (Å²) in [4.78, 5) is 30.4. The molecule has 0 bridgehead atoms. The predicted molar refractivity (Wildman–Crippen MR) is 84.6 cm³/mol. The first-order valence-corrected chi connectivity index (χ1v) is 7.99. The van der Waals surface area contributed by atoms with E-state index in [4.69, 9.17) is 9.15 Å². The van der Waals surface area contributed by atoms with Crippen molar-refractivity contribution in [2.75, 3.05) is 37.7 Å². The second-order valence-electron chi connectivity index (χ2n) is 6.01. The molecule has 2 fully saturated rings. The lowest BCUT2D eigenvalue weighted by molar-refractivity contribution is -0.141. The molecule has 1 N–H and O–H groups in total. The van der Waals surface area contributed by atoms with Crippen LogP contribution in [0.1, 0.15) is 12.8 Å². The smallest absolute Gasteiger partial charge is 0.408 e. The highest BCUT2D eigenvalue weighted by atomic mass is 16.5. The zero-order valence-electron chi connectivity index (χ0n) is 12.8. The van der Waals surface area contributed by atoms with Crippen LogP contribution >= 0.6 is 0 Å². The van der Waals surface area contributed by atoms with Crippen LogP contribution in [-0.4, -0.2) is 54.7 Å². The number of hydrogen-bond donors (Lipinski definition) is 1. The van der Waals surface area contributed by atoms with Crippen molar-refractivity contribution in [2.24, 2.45) is 0 Å². The van der Waals surface area contributed by atoms with Crippen LogP contribution < -0.4 is 10.7 Å². The molecule has 122 valence electrons. The molecule has 7 heteroatoms. The summed E-state index contributed by atoms with van der Waals surface area (Å²) in [6.45, 7) is 3.62. The van der Waals surface area contributed by atoms with Gasteiger partial charge in [-0.05, 0) is 31.0 Å². The number of ether oxygens (including phenoxy) is 1. The first-order valence-electron chi connectivity index (χ1n) is 7.99. The highest BCUT2D eigenvalue weighted by Gasteiger charge is 2.30. The van der Waals surface area contributed by atoms with Crippen molar-refractivity contribution in [2.45, 2.75) is 18.9 Å². The van der Waals surface area contributed by atoms with Crippen LogP contribution in [0, 0.1) is 0 Å². The number of carbonyl (C=O) groups excluding carboxylic acids is 1. The minimum absolute atomic E-state index is 0.122. The minimum Gasteiger partial charge on any atom is -0.408 e. The van der Waals surface area contributed by atoms with Crippen LogP contribution in [0.4, 0.5) is 5.69 Å². The van der Waals surface area contributed by atoms with Crippen molar-refractivity contribution < 1.29 is 13.9 Å². The number of oxazole rings is 1. The number of anilines is 1. The third kappa shape index (κ3) is 2.72. The topological polar surface area (TPSA) is 78.8 Å². The molecule has 3 heterocycles. The van der Waals surface area contributed by atoms with Crippen LogP contribution in [-0.2, 0) is 9.53 Å². The van der Waals surface area contributed by atoms with Crippen molar-refractivity contribution >= 4 is 22.7 Å². The average molecular weight is 317 g/mol. The largest absolute Gasteiger partial charge is 0.417 e. The quantitative estimate of drug-likeness (QED) is 0.892. The fourth-order valence-electron chi connectivity index (χ4n) is 3.30. The summed E-state index contributed by atoms with van der Waals surface area (Å²) >= 11 is 0. The number of aromatic nitrogens is 1. The molecule has 0 aliphatic carbocycles. The van der Waals surface area contributed by atoms with Crippen molar-refractivity contribution in [3.63, 3.8) is 0 Å². The number of fused-ring (bicyclic) bond motifs is 1. The zero-order valence-corrected chi connectivity index (χ0v) is 12.8. The molecule has 0 saturated carbocycles. The van der Waals surface area contributed by atoms with E-state index >= 15 is 0 Å². The number of amides is 1. The summed E-state index contributed by atoms with van der Waals surface area (Å²) in [5.74, 6) is -0.319. The third-order valence-corrected chi connectivity index (χ3v) is 4.56. The number of nitrogens with zero attached hydrogens (tertiary/aromatic N) is 2. The van der Waals surface area contributed by atoms with E-state index < -0.39 is 5.76 Å². The highest BCUT2D eigenvalue weighted by Crippen LogP contribution is 2.22. The van der Waals surface area contributed by atoms with Crippen LogP contribution in [0.15, 0.2) is 27.4 Å². The van der Waals surface area contributed by atoms with Crippen LogP contribution in [0.3, 0.4) is 0 Å². The summed E-state index contributed by atoms with van der Waals surface area (Å²) in [6, 6.07) is 5.65. The molecule has 0 spiro atoms. The molecule has 7 nitrogen and oxygen atoms in total. The van der Waals surface area contributed by atoms with E-state index in [1.165, 1.54) is 0 Å². The first kappa shape index (κ1) is 14.3. The summed E-state index contributed by atoms with van der Waals surface area (Å²) < 4.78 is 10.5. The van der Waals surface area contributed by atoms with Gasteiger partial charge in [-0.25, -0.2) is 4.79 Å². The molecule has 1 aromatic carbocycles. The fourth-order valence-corrected chi connectivity index (χ4v) is 3.30. The van der Waals surface area contributed by atoms with Crippen molar-refractivity contribution in [1.82, 2.24) is 9.88 Å². The highest BCUT2D eigenvalue weighted by molar-refractivity contribution is 5.81. The van der Waals surface area contributed by atoms with Crippen LogP contribution in [0.5, 0.6) is 0 Å². The molecule has 1 aromatic heterocycles. The van der Waals surface area contributed by atoms with Crippen molar-refractivity contribution in [3.8, 4) is 0 Å². The van der Waals surface area contributed by atoms with Gasteiger partial charge in [-0.2, -0.15) is 0 Å². The summed E-state index contributed by atoms with van der Waals surface area (Å²) in [5, 5.41) is 0. The number of rotatable bonds is 2. The van der Waals surface area contributed by atoms with Crippen molar-refractivity contribution in [3.05, 3.63) is 28.7 Å². The molecule has 2 aliphatic rings. The molecule has 1 amide bonds. The molecule has 2 aromatic rings. The molecule has 1 unspecified atom stereocenters. The van der Waals surface area contributed by atoms with Gasteiger partial charge < -0.3 is 19.0 Å². The first-order chi connectivity index (χ1) is 11.2. The van der Waals surface area contributed by atoms with E-state index in [-0.39, 0.29) is 12.0 Å². The number of nitrogens with one attached hydrogen (secondary N) is 1. The Morgan fingerprint density at radius 3 is 2.78 bits per heavy atom. The lowest BCUT2D eigenvalue weighted by Gasteiger charge is -2.37. The minimum atomic E-state index is -0.441. The standard InChI is InChI=1S/C16H19N3O4/c20-15(14-2-1-9-22-14)19-7-5-18(6-8-19)11-3-4-13-12(10-11)17-16(21)23-13/h3-4,10,14H,1-2,5-9H2,(H,17,21). The van der Waals surface area contributed by atoms with Gasteiger partial charge in [0.25, 0.3) is 5.91 Å². The molecular formula is C16H19N3O4. The number of aromatic amines is 1. The van der Waals surface area contributed by atoms with Gasteiger partial charge in [-0.15, -0.1) is 0 Å². The van der Waals surface area contributed by atoms with Gasteiger partial charge in [0.15, 0.2) is 5.58 Å². The van der Waals surface area contributed by atoms with E-state index in [0.717, 1.165) is 31.6 Å². The normalized spacial score (nSPS) is 22.0. The van der Waals surface area contributed by atoms with Gasteiger partial charge >= 0.3 is 5.76 Å². The molecule has 4 rings (SSSR count). The van der Waals surface area contributed by atoms with Gasteiger partial charge in [-0.3, -0.25) is 9.78 Å². The Labute approximate surface area is 132 Å². The Morgan fingerprint density at radius 2 is 2.04 bits per heavy atom. The Bertz CT molecular complexity index is 767. The second kappa shape index (κ2) is 5.73. The number of H-pyrrole nitrogens is 1. The maximum Gasteiger partial charge on any atom is 0.417 e. The zero-order chi connectivity index (χ0) is 15.8. The van der Waals surface area contributed by atoms with E-state index in [0.29, 0.717) is 30.8 Å². The van der Waals surface area contributed by atoms with Crippen LogP contribution in [0.25, 0.3) is 11.1 Å². The van der Waals surface area contributed by atoms with E-state index in [1.54, 1.807) is 6.07 Å². The molecular weight excluding hydrogens is 298 g/mol. The van der Waals surface area contributed by atoms with Gasteiger partial charge in [0.05, 0.1) is 5.52 Å². The SMILES string of the molecule is O=C(C1CCCO1)N1CCN(c2ccc3oc(=O)[nH]c3c2)CC1. The molecule has 2 aliphatic heterocycles. The fraction of sp³-hybridized carbons (Fsp3) is 0.500. The van der Waals surface area contributed by atoms with Gasteiger partial charge in [0.2, 0.25) is 0 Å². The Morgan fingerprint density at radius 1 is 1.22 bits per heavy atom. The second-order valence-corrected chi connectivity index (χ2v) is 6.01. The Kier molecular flexibility index (Phi) is 3.57. The van der Waals surface area contributed by atoms with Crippen molar-refractivity contribution in [1.29, 1.82) is 0 Å². The molecule has 23 heavy (non-hydrogen) atoms. The van der Waals surface area contributed by atoms with Gasteiger partial charge in [0.1, 0.15) is 6.10 Å². The van der Waals surface area contributed by atoms with Crippen LogP contribution in [0.2, 0.25) is 0 Å². The number of carbonyl (C=O) groups is 1. The third-order valence-electron chi connectivity index (χ3n) is 4.56. The van der Waals surface area contributed by atoms with E-state index in [2.05, 4.69) is 9.88 Å². The summed E-state index contributed by atoms with van der Waals surface area (Å²) in [5.41, 5.74) is 2.29. The number of benzene rings is 1. The van der Waals surface area contributed by atoms with E-state index in [1.807, 2.05) is 17.0 Å². The predicted octanol–water partition coefficient (Wildman–Crippen LogP) is 0.949. The number of hydrogen-bond acceptors (Lipinski definition) is 5. The monoisotopic (exact) mass is 317 g/mol. The Hall–Kier alpha value is -2.28. The molecule has 1 atom stereocenters. The maximum absolute atomic E-state index is 12.4. The molecule has 2 saturated heterocycles. The average Bonchev–Trinajstić information content (AvgIpc) is 3.22. The van der Waals surface area contributed by atoms with Gasteiger partial charge in [-0.1, -0.05) is 0 Å². The molecule has 0 radical (unpaired) electrons. The Balaban J connectivity index is 1.43.